The first-order valence-corrected chi connectivity index (χ1v) is 6.11. The summed E-state index contributed by atoms with van der Waals surface area (Å²) in [5, 5.41) is 0. The van der Waals surface area contributed by atoms with Gasteiger partial charge >= 0.3 is 6.18 Å². The summed E-state index contributed by atoms with van der Waals surface area (Å²) in [6.45, 7) is 0. The molecule has 0 radical (unpaired) electrons. The molecule has 1 rings (SSSR count). The van der Waals surface area contributed by atoms with Crippen molar-refractivity contribution in [3.05, 3.63) is 29.6 Å². The molecule has 1 aromatic heterocycles. The van der Waals surface area contributed by atoms with E-state index >= 15 is 0 Å². The van der Waals surface area contributed by atoms with Crippen molar-refractivity contribution in [2.75, 3.05) is 0 Å². The summed E-state index contributed by atoms with van der Waals surface area (Å²) in [6.07, 6.45) is -3.74. The van der Waals surface area contributed by atoms with Gasteiger partial charge in [-0.3, -0.25) is 4.98 Å². The van der Waals surface area contributed by atoms with Crippen LogP contribution in [0.2, 0.25) is 0 Å². The maximum atomic E-state index is 12.3. The fraction of sp³-hybridized carbons (Fsp3) is 0.286. The molecule has 84 valence electrons. The van der Waals surface area contributed by atoms with E-state index in [9.17, 15) is 21.6 Å². The van der Waals surface area contributed by atoms with E-state index in [-0.39, 0.29) is 0 Å². The van der Waals surface area contributed by atoms with Crippen molar-refractivity contribution >= 4 is 19.7 Å². The smallest absolute Gasteiger partial charge is 0.251 e. The molecular weight excluding hydrogens is 255 g/mol. The summed E-state index contributed by atoms with van der Waals surface area (Å²) in [5.74, 6) is -0.892. The second-order valence-corrected chi connectivity index (χ2v) is 5.47. The van der Waals surface area contributed by atoms with Gasteiger partial charge in [0.15, 0.2) is 0 Å². The van der Waals surface area contributed by atoms with Gasteiger partial charge in [-0.1, -0.05) is 6.07 Å². The highest BCUT2D eigenvalue weighted by atomic mass is 35.7. The van der Waals surface area contributed by atoms with Crippen molar-refractivity contribution in [2.45, 2.75) is 11.9 Å². The molecule has 0 N–H and O–H groups in total. The van der Waals surface area contributed by atoms with E-state index in [1.54, 1.807) is 0 Å². The molecule has 0 unspecified atom stereocenters. The summed E-state index contributed by atoms with van der Waals surface area (Å²) >= 11 is 0. The SMILES string of the molecule is O=S(=O)(Cl)Cc1cccnc1C(F)(F)F. The topological polar surface area (TPSA) is 47.0 Å². The summed E-state index contributed by atoms with van der Waals surface area (Å²) in [5.41, 5.74) is -1.69. The van der Waals surface area contributed by atoms with Gasteiger partial charge in [-0.15, -0.1) is 0 Å². The molecule has 0 aromatic carbocycles. The first-order chi connectivity index (χ1) is 6.70. The Labute approximate surface area is 88.3 Å². The summed E-state index contributed by atoms with van der Waals surface area (Å²) in [4.78, 5) is 3.09. The second-order valence-electron chi connectivity index (χ2n) is 2.69. The Hall–Kier alpha value is -0.820. The lowest BCUT2D eigenvalue weighted by Crippen LogP contribution is -2.13. The van der Waals surface area contributed by atoms with Gasteiger partial charge in [-0.05, 0) is 11.6 Å². The molecule has 1 heterocycles. The monoisotopic (exact) mass is 259 g/mol. The van der Waals surface area contributed by atoms with Crippen LogP contribution in [0.25, 0.3) is 0 Å². The summed E-state index contributed by atoms with van der Waals surface area (Å²) < 4.78 is 58.3. The van der Waals surface area contributed by atoms with E-state index in [1.165, 1.54) is 6.07 Å². The molecule has 0 amide bonds. The fourth-order valence-corrected chi connectivity index (χ4v) is 1.95. The average Bonchev–Trinajstić information content (AvgIpc) is 1.99. The van der Waals surface area contributed by atoms with Crippen LogP contribution in [0.1, 0.15) is 11.3 Å². The van der Waals surface area contributed by atoms with Crippen LogP contribution in [-0.2, 0) is 21.0 Å². The number of rotatable bonds is 2. The van der Waals surface area contributed by atoms with E-state index in [0.29, 0.717) is 0 Å². The Morgan fingerprint density at radius 2 is 2.00 bits per heavy atom. The standard InChI is InChI=1S/C7H5ClF3NO2S/c8-15(13,14)4-5-2-1-3-12-6(5)7(9,10)11/h1-3H,4H2. The molecule has 0 aliphatic rings. The minimum absolute atomic E-state index is 0.458. The van der Waals surface area contributed by atoms with Crippen molar-refractivity contribution in [3.63, 3.8) is 0 Å². The lowest BCUT2D eigenvalue weighted by atomic mass is 10.2. The Balaban J connectivity index is 3.19. The molecule has 0 aliphatic carbocycles. The number of aromatic nitrogens is 1. The first-order valence-electron chi connectivity index (χ1n) is 3.63. The van der Waals surface area contributed by atoms with Crippen LogP contribution in [0.4, 0.5) is 13.2 Å². The van der Waals surface area contributed by atoms with Crippen LogP contribution in [0, 0.1) is 0 Å². The van der Waals surface area contributed by atoms with Crippen LogP contribution in [0.3, 0.4) is 0 Å². The van der Waals surface area contributed by atoms with Crippen molar-refractivity contribution < 1.29 is 21.6 Å². The highest BCUT2D eigenvalue weighted by Gasteiger charge is 2.35. The lowest BCUT2D eigenvalue weighted by Gasteiger charge is -2.09. The van der Waals surface area contributed by atoms with Crippen LogP contribution in [0.15, 0.2) is 18.3 Å². The molecule has 8 heteroatoms. The van der Waals surface area contributed by atoms with Crippen molar-refractivity contribution in [2.24, 2.45) is 0 Å². The molecule has 0 spiro atoms. The predicted octanol–water partition coefficient (Wildman–Crippen LogP) is 2.17. The predicted molar refractivity (Wildman–Crippen MR) is 47.7 cm³/mol. The zero-order valence-electron chi connectivity index (χ0n) is 7.12. The third kappa shape index (κ3) is 3.67. The molecule has 0 saturated carbocycles. The molecule has 0 aliphatic heterocycles. The van der Waals surface area contributed by atoms with Gasteiger partial charge in [0, 0.05) is 16.9 Å². The Kier molecular flexibility index (Phi) is 3.25. The maximum Gasteiger partial charge on any atom is 0.433 e. The van der Waals surface area contributed by atoms with E-state index in [1.807, 2.05) is 0 Å². The zero-order chi connectivity index (χ0) is 11.7. The number of hydrogen-bond donors (Lipinski definition) is 0. The second kappa shape index (κ2) is 3.97. The van der Waals surface area contributed by atoms with Gasteiger partial charge in [0.25, 0.3) is 0 Å². The third-order valence-corrected chi connectivity index (χ3v) is 2.47. The molecule has 0 atom stereocenters. The van der Waals surface area contributed by atoms with Crippen molar-refractivity contribution in [1.82, 2.24) is 4.98 Å². The normalized spacial score (nSPS) is 12.8. The Bertz CT molecular complexity index is 458. The van der Waals surface area contributed by atoms with Gasteiger partial charge in [0.1, 0.15) is 5.69 Å². The molecule has 0 saturated heterocycles. The third-order valence-electron chi connectivity index (χ3n) is 1.49. The first kappa shape index (κ1) is 12.3. The maximum absolute atomic E-state index is 12.3. The van der Waals surface area contributed by atoms with Gasteiger partial charge in [-0.2, -0.15) is 13.2 Å². The fourth-order valence-electron chi connectivity index (χ4n) is 0.996. The van der Waals surface area contributed by atoms with Crippen LogP contribution >= 0.6 is 10.7 Å². The Morgan fingerprint density at radius 1 is 1.40 bits per heavy atom. The van der Waals surface area contributed by atoms with Crippen LogP contribution < -0.4 is 0 Å². The number of nitrogens with zero attached hydrogens (tertiary/aromatic N) is 1. The summed E-state index contributed by atoms with van der Waals surface area (Å²) in [7, 11) is 0.839. The highest BCUT2D eigenvalue weighted by Crippen LogP contribution is 2.31. The number of hydrogen-bond acceptors (Lipinski definition) is 3. The van der Waals surface area contributed by atoms with Gasteiger partial charge in [0.2, 0.25) is 9.05 Å². The number of pyridine rings is 1. The molecule has 0 fully saturated rings. The quantitative estimate of drug-likeness (QED) is 0.765. The van der Waals surface area contributed by atoms with E-state index in [2.05, 4.69) is 4.98 Å². The lowest BCUT2D eigenvalue weighted by molar-refractivity contribution is -0.141. The minimum atomic E-state index is -4.68. The van der Waals surface area contributed by atoms with Gasteiger partial charge in [0.05, 0.1) is 5.75 Å². The van der Waals surface area contributed by atoms with E-state index < -0.39 is 32.2 Å². The van der Waals surface area contributed by atoms with Gasteiger partial charge in [-0.25, -0.2) is 8.42 Å². The molecule has 3 nitrogen and oxygen atoms in total. The molecule has 15 heavy (non-hydrogen) atoms. The van der Waals surface area contributed by atoms with Crippen molar-refractivity contribution in [1.29, 1.82) is 0 Å². The number of alkyl halides is 3. The average molecular weight is 260 g/mol. The van der Waals surface area contributed by atoms with Crippen LogP contribution in [-0.4, -0.2) is 13.4 Å². The minimum Gasteiger partial charge on any atom is -0.251 e. The highest BCUT2D eigenvalue weighted by molar-refractivity contribution is 8.13. The summed E-state index contributed by atoms with van der Waals surface area (Å²) in [6, 6.07) is 2.24. The number of halogens is 4. The Morgan fingerprint density at radius 3 is 2.47 bits per heavy atom. The zero-order valence-corrected chi connectivity index (χ0v) is 8.70. The van der Waals surface area contributed by atoms with E-state index in [0.717, 1.165) is 12.3 Å². The van der Waals surface area contributed by atoms with Crippen LogP contribution in [0.5, 0.6) is 0 Å². The van der Waals surface area contributed by atoms with Gasteiger partial charge < -0.3 is 0 Å². The van der Waals surface area contributed by atoms with E-state index in [4.69, 9.17) is 10.7 Å². The van der Waals surface area contributed by atoms with Crippen molar-refractivity contribution in [3.8, 4) is 0 Å². The molecule has 0 bridgehead atoms. The molecular formula is C7H5ClF3NO2S. The molecule has 1 aromatic rings. The largest absolute Gasteiger partial charge is 0.433 e.